The quantitative estimate of drug-likeness (QED) is 0.483. The first-order chi connectivity index (χ1) is 9.83. The molecule has 1 rings (SSSR count). The van der Waals surface area contributed by atoms with Crippen LogP contribution in [0, 0.1) is 0 Å². The molecule has 0 aliphatic heterocycles. The summed E-state index contributed by atoms with van der Waals surface area (Å²) in [5, 5.41) is 3.64. The van der Waals surface area contributed by atoms with E-state index >= 15 is 0 Å². The molecule has 0 saturated heterocycles. The molecule has 0 aliphatic rings. The van der Waals surface area contributed by atoms with E-state index in [1.54, 1.807) is 0 Å². The molecular weight excluding hydrogens is 278 g/mol. The summed E-state index contributed by atoms with van der Waals surface area (Å²) in [4.78, 5) is 0. The summed E-state index contributed by atoms with van der Waals surface area (Å²) in [5.74, 6) is 0. The van der Waals surface area contributed by atoms with Crippen molar-refractivity contribution in [1.29, 1.82) is 0 Å². The van der Waals surface area contributed by atoms with Crippen LogP contribution in [0.4, 0.5) is 0 Å². The number of rotatable bonds is 12. The van der Waals surface area contributed by atoms with Crippen LogP contribution in [0.3, 0.4) is 0 Å². The zero-order chi connectivity index (χ0) is 14.5. The Hall–Kier alpha value is -0.530. The van der Waals surface area contributed by atoms with Crippen molar-refractivity contribution in [3.63, 3.8) is 0 Å². The first-order valence-electron chi connectivity index (χ1n) is 8.60. The molecule has 1 unspecified atom stereocenters. The van der Waals surface area contributed by atoms with E-state index in [-0.39, 0.29) is 12.4 Å². The summed E-state index contributed by atoms with van der Waals surface area (Å²) in [6, 6.07) is 11.4. The number of benzene rings is 1. The van der Waals surface area contributed by atoms with Crippen molar-refractivity contribution in [2.75, 3.05) is 6.54 Å². The van der Waals surface area contributed by atoms with E-state index < -0.39 is 0 Å². The van der Waals surface area contributed by atoms with Crippen LogP contribution in [0.15, 0.2) is 30.3 Å². The van der Waals surface area contributed by atoms with E-state index in [9.17, 15) is 0 Å². The Balaban J connectivity index is 0.00000400. The lowest BCUT2D eigenvalue weighted by Crippen LogP contribution is -2.28. The zero-order valence-electron chi connectivity index (χ0n) is 13.9. The van der Waals surface area contributed by atoms with Crippen molar-refractivity contribution in [2.24, 2.45) is 0 Å². The van der Waals surface area contributed by atoms with Gasteiger partial charge in [-0.05, 0) is 31.9 Å². The highest BCUT2D eigenvalue weighted by molar-refractivity contribution is 5.85. The fourth-order valence-corrected chi connectivity index (χ4v) is 2.65. The lowest BCUT2D eigenvalue weighted by Gasteiger charge is -2.13. The lowest BCUT2D eigenvalue weighted by atomic mass is 10.1. The van der Waals surface area contributed by atoms with Crippen molar-refractivity contribution in [3.8, 4) is 0 Å². The molecular formula is C19H34ClN. The van der Waals surface area contributed by atoms with E-state index in [2.05, 4.69) is 49.5 Å². The van der Waals surface area contributed by atoms with Crippen LogP contribution >= 0.6 is 12.4 Å². The fourth-order valence-electron chi connectivity index (χ4n) is 2.65. The topological polar surface area (TPSA) is 12.0 Å². The molecule has 0 saturated carbocycles. The van der Waals surface area contributed by atoms with Gasteiger partial charge in [-0.25, -0.2) is 0 Å². The van der Waals surface area contributed by atoms with Crippen LogP contribution in [0.5, 0.6) is 0 Å². The molecule has 0 aliphatic carbocycles. The standard InChI is InChI=1S/C19H33N.ClH/c1-3-4-5-6-7-8-9-13-16-20-18(2)17-19-14-11-10-12-15-19;/h10-12,14-15,18,20H,3-9,13,16-17H2,1-2H3;1H. The van der Waals surface area contributed by atoms with Crippen molar-refractivity contribution in [1.82, 2.24) is 5.32 Å². The molecule has 2 heteroatoms. The lowest BCUT2D eigenvalue weighted by molar-refractivity contribution is 0.508. The highest BCUT2D eigenvalue weighted by Gasteiger charge is 2.01. The van der Waals surface area contributed by atoms with Crippen molar-refractivity contribution >= 4 is 12.4 Å². The molecule has 0 aromatic heterocycles. The molecule has 1 aromatic rings. The molecule has 1 aromatic carbocycles. The second-order valence-electron chi connectivity index (χ2n) is 6.02. The molecule has 0 heterocycles. The predicted molar refractivity (Wildman–Crippen MR) is 97.5 cm³/mol. The van der Waals surface area contributed by atoms with E-state index in [1.807, 2.05) is 0 Å². The highest BCUT2D eigenvalue weighted by atomic mass is 35.5. The van der Waals surface area contributed by atoms with Gasteiger partial charge in [0.1, 0.15) is 0 Å². The number of unbranched alkanes of at least 4 members (excludes halogenated alkanes) is 7. The maximum absolute atomic E-state index is 3.64. The summed E-state index contributed by atoms with van der Waals surface area (Å²) >= 11 is 0. The van der Waals surface area contributed by atoms with Gasteiger partial charge in [-0.1, -0.05) is 82.2 Å². The minimum Gasteiger partial charge on any atom is -0.314 e. The summed E-state index contributed by atoms with van der Waals surface area (Å²) in [7, 11) is 0. The third-order valence-electron chi connectivity index (χ3n) is 3.91. The maximum Gasteiger partial charge on any atom is 0.00791 e. The van der Waals surface area contributed by atoms with Crippen LogP contribution in [-0.4, -0.2) is 12.6 Å². The van der Waals surface area contributed by atoms with Crippen LogP contribution in [-0.2, 0) is 6.42 Å². The van der Waals surface area contributed by atoms with Crippen molar-refractivity contribution in [2.45, 2.75) is 77.7 Å². The van der Waals surface area contributed by atoms with Gasteiger partial charge in [0.05, 0.1) is 0 Å². The molecule has 1 N–H and O–H groups in total. The molecule has 1 atom stereocenters. The van der Waals surface area contributed by atoms with Crippen LogP contribution in [0.25, 0.3) is 0 Å². The van der Waals surface area contributed by atoms with Crippen molar-refractivity contribution in [3.05, 3.63) is 35.9 Å². The van der Waals surface area contributed by atoms with Crippen LogP contribution < -0.4 is 5.32 Å². The first kappa shape index (κ1) is 20.5. The van der Waals surface area contributed by atoms with Gasteiger partial charge in [0.2, 0.25) is 0 Å². The Bertz CT molecular complexity index is 313. The Morgan fingerprint density at radius 3 is 2.05 bits per heavy atom. The smallest absolute Gasteiger partial charge is 0.00791 e. The van der Waals surface area contributed by atoms with Gasteiger partial charge >= 0.3 is 0 Å². The van der Waals surface area contributed by atoms with Gasteiger partial charge in [-0.2, -0.15) is 0 Å². The zero-order valence-corrected chi connectivity index (χ0v) is 14.8. The monoisotopic (exact) mass is 311 g/mol. The second-order valence-corrected chi connectivity index (χ2v) is 6.02. The average Bonchev–Trinajstić information content (AvgIpc) is 2.46. The number of halogens is 1. The SMILES string of the molecule is CCCCCCCCCCNC(C)Cc1ccccc1.Cl. The number of hydrogen-bond donors (Lipinski definition) is 1. The number of hydrogen-bond acceptors (Lipinski definition) is 1. The Morgan fingerprint density at radius 2 is 1.43 bits per heavy atom. The fraction of sp³-hybridized carbons (Fsp3) is 0.684. The Morgan fingerprint density at radius 1 is 0.857 bits per heavy atom. The molecule has 21 heavy (non-hydrogen) atoms. The van der Waals surface area contributed by atoms with Crippen LogP contribution in [0.2, 0.25) is 0 Å². The van der Waals surface area contributed by atoms with E-state index in [0.717, 1.165) is 6.42 Å². The van der Waals surface area contributed by atoms with E-state index in [0.29, 0.717) is 6.04 Å². The average molecular weight is 312 g/mol. The minimum absolute atomic E-state index is 0. The predicted octanol–water partition coefficient (Wildman–Crippen LogP) is 5.77. The van der Waals surface area contributed by atoms with Gasteiger partial charge in [0, 0.05) is 6.04 Å². The maximum atomic E-state index is 3.64. The molecule has 0 amide bonds. The van der Waals surface area contributed by atoms with Crippen LogP contribution in [0.1, 0.15) is 70.8 Å². The van der Waals surface area contributed by atoms with Gasteiger partial charge in [-0.3, -0.25) is 0 Å². The van der Waals surface area contributed by atoms with E-state index in [1.165, 1.54) is 63.5 Å². The largest absolute Gasteiger partial charge is 0.314 e. The molecule has 0 fully saturated rings. The molecule has 0 bridgehead atoms. The third kappa shape index (κ3) is 11.8. The Labute approximate surface area is 138 Å². The number of nitrogens with one attached hydrogen (secondary N) is 1. The second kappa shape index (κ2) is 14.4. The van der Waals surface area contributed by atoms with Gasteiger partial charge < -0.3 is 5.32 Å². The van der Waals surface area contributed by atoms with E-state index in [4.69, 9.17) is 0 Å². The summed E-state index contributed by atoms with van der Waals surface area (Å²) in [5.41, 5.74) is 1.43. The summed E-state index contributed by atoms with van der Waals surface area (Å²) in [6.07, 6.45) is 12.3. The first-order valence-corrected chi connectivity index (χ1v) is 8.60. The summed E-state index contributed by atoms with van der Waals surface area (Å²) < 4.78 is 0. The highest BCUT2D eigenvalue weighted by Crippen LogP contribution is 2.08. The molecule has 1 nitrogen and oxygen atoms in total. The van der Waals surface area contributed by atoms with Gasteiger partial charge in [-0.15, -0.1) is 12.4 Å². The third-order valence-corrected chi connectivity index (χ3v) is 3.91. The molecule has 0 spiro atoms. The Kier molecular flexibility index (Phi) is 14.0. The van der Waals surface area contributed by atoms with Crippen molar-refractivity contribution < 1.29 is 0 Å². The minimum atomic E-state index is 0. The molecule has 122 valence electrons. The van der Waals surface area contributed by atoms with Gasteiger partial charge in [0.25, 0.3) is 0 Å². The van der Waals surface area contributed by atoms with Gasteiger partial charge in [0.15, 0.2) is 0 Å². The molecule has 0 radical (unpaired) electrons. The summed E-state index contributed by atoms with van der Waals surface area (Å²) in [6.45, 7) is 5.74. The normalized spacial score (nSPS) is 11.9.